The van der Waals surface area contributed by atoms with Gasteiger partial charge in [-0.2, -0.15) is 22.8 Å². The van der Waals surface area contributed by atoms with Crippen molar-refractivity contribution in [3.8, 4) is 17.6 Å². The zero-order valence-electron chi connectivity index (χ0n) is 14.6. The maximum atomic E-state index is 14.5. The molecule has 8 heteroatoms. The van der Waals surface area contributed by atoms with Gasteiger partial charge >= 0.3 is 11.8 Å². The number of hydrogen-bond acceptors (Lipinski definition) is 3. The monoisotopic (exact) mass is 395 g/mol. The molecule has 0 aromatic heterocycles. The predicted molar refractivity (Wildman–Crippen MR) is 88.0 cm³/mol. The lowest BCUT2D eigenvalue weighted by Gasteiger charge is -2.38. The first-order chi connectivity index (χ1) is 13.0. The molecule has 2 aromatic rings. The van der Waals surface area contributed by atoms with Gasteiger partial charge < -0.3 is 9.84 Å². The third-order valence-electron chi connectivity index (χ3n) is 5.53. The van der Waals surface area contributed by atoms with Crippen molar-refractivity contribution in [1.29, 1.82) is 5.26 Å². The van der Waals surface area contributed by atoms with Crippen molar-refractivity contribution in [1.82, 2.24) is 0 Å². The van der Waals surface area contributed by atoms with Gasteiger partial charge in [0, 0.05) is 22.8 Å². The molecule has 0 amide bonds. The maximum absolute atomic E-state index is 14.5. The number of halogens is 5. The fourth-order valence-electron chi connectivity index (χ4n) is 4.14. The number of alkyl halides is 4. The first-order valence-electron chi connectivity index (χ1n) is 8.57. The number of rotatable bonds is 2. The van der Waals surface area contributed by atoms with Crippen LogP contribution < -0.4 is 4.74 Å². The van der Waals surface area contributed by atoms with Crippen LogP contribution in [-0.2, 0) is 11.5 Å². The fraction of sp³-hybridized carbons (Fsp3) is 0.350. The first-order valence-corrected chi connectivity index (χ1v) is 8.57. The van der Waals surface area contributed by atoms with E-state index in [1.807, 2.05) is 0 Å². The van der Waals surface area contributed by atoms with Crippen molar-refractivity contribution in [3.05, 3.63) is 58.4 Å². The van der Waals surface area contributed by atoms with Crippen LogP contribution in [0.25, 0.3) is 0 Å². The average Bonchev–Trinajstić information content (AvgIpc) is 2.74. The quantitative estimate of drug-likeness (QED) is 0.701. The number of ether oxygens (including phenoxy) is 1. The molecule has 0 saturated carbocycles. The average molecular weight is 395 g/mol. The number of nitriles is 1. The van der Waals surface area contributed by atoms with Crippen LogP contribution in [0.2, 0.25) is 0 Å². The van der Waals surface area contributed by atoms with E-state index in [1.165, 1.54) is 6.07 Å². The number of aliphatic hydroxyl groups is 1. The zero-order valence-corrected chi connectivity index (χ0v) is 14.6. The molecule has 0 aliphatic heterocycles. The van der Waals surface area contributed by atoms with Gasteiger partial charge in [-0.3, -0.25) is 0 Å². The molecule has 146 valence electrons. The lowest BCUT2D eigenvalue weighted by molar-refractivity contribution is -0.289. The highest BCUT2D eigenvalue weighted by Crippen LogP contribution is 2.66. The van der Waals surface area contributed by atoms with E-state index in [2.05, 4.69) is 0 Å². The normalized spacial score (nSPS) is 26.4. The highest BCUT2D eigenvalue weighted by atomic mass is 19.3. The lowest BCUT2D eigenvalue weighted by atomic mass is 9.74. The van der Waals surface area contributed by atoms with Crippen LogP contribution in [0, 0.1) is 17.1 Å². The van der Waals surface area contributed by atoms with Crippen LogP contribution in [0.1, 0.15) is 47.9 Å². The molecule has 2 unspecified atom stereocenters. The van der Waals surface area contributed by atoms with Gasteiger partial charge in [-0.1, -0.05) is 6.92 Å². The summed E-state index contributed by atoms with van der Waals surface area (Å²) in [5.74, 6) is -10.5. The van der Waals surface area contributed by atoms with Gasteiger partial charge in [0.1, 0.15) is 17.3 Å². The van der Waals surface area contributed by atoms with E-state index in [4.69, 9.17) is 10.00 Å². The summed E-state index contributed by atoms with van der Waals surface area (Å²) in [6.45, 7) is 1.66. The Balaban J connectivity index is 1.91. The molecule has 0 fully saturated rings. The molecule has 4 rings (SSSR count). The minimum absolute atomic E-state index is 0.0209. The maximum Gasteiger partial charge on any atom is 0.346 e. The zero-order chi connectivity index (χ0) is 20.5. The van der Waals surface area contributed by atoms with Crippen molar-refractivity contribution in [2.24, 2.45) is 0 Å². The Hall–Kier alpha value is -2.66. The van der Waals surface area contributed by atoms with E-state index in [-0.39, 0.29) is 29.0 Å². The second-order valence-corrected chi connectivity index (χ2v) is 7.24. The lowest BCUT2D eigenvalue weighted by Crippen LogP contribution is -2.50. The van der Waals surface area contributed by atoms with Crippen molar-refractivity contribution in [2.75, 3.05) is 0 Å². The van der Waals surface area contributed by atoms with Crippen LogP contribution in [0.3, 0.4) is 0 Å². The van der Waals surface area contributed by atoms with Crippen LogP contribution in [0.4, 0.5) is 22.0 Å². The summed E-state index contributed by atoms with van der Waals surface area (Å²) in [6.07, 6.45) is -0.472. The summed E-state index contributed by atoms with van der Waals surface area (Å²) in [4.78, 5) is 0. The van der Waals surface area contributed by atoms with E-state index < -0.39 is 46.7 Å². The van der Waals surface area contributed by atoms with Gasteiger partial charge in [-0.25, -0.2) is 4.39 Å². The molecule has 28 heavy (non-hydrogen) atoms. The predicted octanol–water partition coefficient (Wildman–Crippen LogP) is 5.32. The number of hydrogen-bond donors (Lipinski definition) is 1. The molecular weight excluding hydrogens is 381 g/mol. The van der Waals surface area contributed by atoms with Crippen molar-refractivity contribution >= 4 is 0 Å². The Bertz CT molecular complexity index is 1030. The smallest absolute Gasteiger partial charge is 0.346 e. The molecule has 0 radical (unpaired) electrons. The molecule has 0 saturated heterocycles. The highest BCUT2D eigenvalue weighted by Gasteiger charge is 2.77. The Morgan fingerprint density at radius 1 is 1.18 bits per heavy atom. The highest BCUT2D eigenvalue weighted by molar-refractivity contribution is 5.59. The van der Waals surface area contributed by atoms with E-state index in [1.54, 1.807) is 13.0 Å². The molecule has 0 spiro atoms. The van der Waals surface area contributed by atoms with E-state index >= 15 is 0 Å². The third kappa shape index (κ3) is 2.23. The SMILES string of the molecule is CC1CCC2(O)c3c(ccc(Oc4cc(F)cc(C#N)c4)c31)C(F)(F)C2(F)F. The second kappa shape index (κ2) is 5.67. The van der Waals surface area contributed by atoms with Crippen LogP contribution >= 0.6 is 0 Å². The molecule has 2 aliphatic rings. The van der Waals surface area contributed by atoms with Crippen LogP contribution in [0.5, 0.6) is 11.5 Å². The minimum atomic E-state index is -4.66. The van der Waals surface area contributed by atoms with Crippen molar-refractivity contribution in [3.63, 3.8) is 0 Å². The second-order valence-electron chi connectivity index (χ2n) is 7.24. The topological polar surface area (TPSA) is 53.2 Å². The number of nitrogens with zero attached hydrogens (tertiary/aromatic N) is 1. The van der Waals surface area contributed by atoms with Crippen molar-refractivity contribution in [2.45, 2.75) is 43.1 Å². The van der Waals surface area contributed by atoms with Crippen LogP contribution in [-0.4, -0.2) is 11.0 Å². The van der Waals surface area contributed by atoms with E-state index in [9.17, 15) is 27.1 Å². The fourth-order valence-corrected chi connectivity index (χ4v) is 4.14. The molecule has 2 atom stereocenters. The molecular formula is C20H14F5NO2. The summed E-state index contributed by atoms with van der Waals surface area (Å²) in [6, 6.07) is 6.90. The molecule has 1 N–H and O–H groups in total. The van der Waals surface area contributed by atoms with Gasteiger partial charge in [0.2, 0.25) is 0 Å². The standard InChI is InChI=1S/C20H14F5NO2/c1-10-4-5-18(27)17-14(19(22,23)20(18,24)25)2-3-15(16(10)17)28-13-7-11(9-26)6-12(21)8-13/h2-3,6-8,10,27H,4-5H2,1H3. The molecule has 2 aliphatic carbocycles. The van der Waals surface area contributed by atoms with Crippen molar-refractivity contribution < 1.29 is 31.8 Å². The Kier molecular flexibility index (Phi) is 3.79. The summed E-state index contributed by atoms with van der Waals surface area (Å²) in [7, 11) is 0. The largest absolute Gasteiger partial charge is 0.457 e. The van der Waals surface area contributed by atoms with Gasteiger partial charge in [-0.15, -0.1) is 0 Å². The summed E-state index contributed by atoms with van der Waals surface area (Å²) < 4.78 is 77.0. The molecule has 0 heterocycles. The Labute approximate surface area is 157 Å². The van der Waals surface area contributed by atoms with Gasteiger partial charge in [0.25, 0.3) is 0 Å². The van der Waals surface area contributed by atoms with E-state index in [0.717, 1.165) is 24.3 Å². The van der Waals surface area contributed by atoms with Crippen LogP contribution in [0.15, 0.2) is 30.3 Å². The molecule has 0 bridgehead atoms. The van der Waals surface area contributed by atoms with E-state index in [0.29, 0.717) is 0 Å². The van der Waals surface area contributed by atoms with Gasteiger partial charge in [0.05, 0.1) is 11.6 Å². The van der Waals surface area contributed by atoms with Gasteiger partial charge in [-0.05, 0) is 43.0 Å². The molecule has 3 nitrogen and oxygen atoms in total. The summed E-state index contributed by atoms with van der Waals surface area (Å²) in [5, 5.41) is 19.5. The Morgan fingerprint density at radius 2 is 1.89 bits per heavy atom. The molecule has 2 aromatic carbocycles. The van der Waals surface area contributed by atoms with Gasteiger partial charge in [0.15, 0.2) is 5.60 Å². The third-order valence-corrected chi connectivity index (χ3v) is 5.53. The summed E-state index contributed by atoms with van der Waals surface area (Å²) in [5.41, 5.74) is -4.42. The number of benzene rings is 2. The first kappa shape index (κ1) is 18.7. The summed E-state index contributed by atoms with van der Waals surface area (Å²) >= 11 is 0. The Morgan fingerprint density at radius 3 is 2.57 bits per heavy atom. The minimum Gasteiger partial charge on any atom is -0.457 e.